The summed E-state index contributed by atoms with van der Waals surface area (Å²) >= 11 is 0. The summed E-state index contributed by atoms with van der Waals surface area (Å²) < 4.78 is 50.8. The topological polar surface area (TPSA) is 83.8 Å². The van der Waals surface area contributed by atoms with Gasteiger partial charge >= 0.3 is 6.18 Å². The molecule has 1 fully saturated rings. The van der Waals surface area contributed by atoms with E-state index in [0.717, 1.165) is 31.4 Å². The van der Waals surface area contributed by atoms with E-state index in [1.165, 1.54) is 6.92 Å². The summed E-state index contributed by atoms with van der Waals surface area (Å²) in [5.41, 5.74) is -1.20. The molecule has 1 aromatic rings. The fourth-order valence-electron chi connectivity index (χ4n) is 2.42. The third-order valence-electron chi connectivity index (χ3n) is 3.74. The van der Waals surface area contributed by atoms with E-state index >= 15 is 0 Å². The van der Waals surface area contributed by atoms with Crippen LogP contribution in [0.4, 0.5) is 13.2 Å². The Morgan fingerprint density at radius 3 is 2.81 bits per heavy atom. The van der Waals surface area contributed by atoms with Crippen LogP contribution >= 0.6 is 0 Å². The molecule has 0 aromatic carbocycles. The summed E-state index contributed by atoms with van der Waals surface area (Å²) in [6.45, 7) is 5.84. The van der Waals surface area contributed by atoms with E-state index in [1.807, 2.05) is 0 Å². The number of halogens is 3. The van der Waals surface area contributed by atoms with E-state index in [4.69, 9.17) is 14.7 Å². The third kappa shape index (κ3) is 5.46. The molecule has 1 atom stereocenters. The molecule has 1 aromatic heterocycles. The molecule has 140 valence electrons. The van der Waals surface area contributed by atoms with Crippen LogP contribution in [0.15, 0.2) is 30.1 Å². The summed E-state index contributed by atoms with van der Waals surface area (Å²) in [6, 6.07) is 1.74. The largest absolute Gasteiger partial charge is 0.496 e. The minimum Gasteiger partial charge on any atom is -0.496 e. The highest BCUT2D eigenvalue weighted by molar-refractivity contribution is 5.73. The van der Waals surface area contributed by atoms with Crippen molar-refractivity contribution >= 4 is 5.57 Å². The second-order valence-corrected chi connectivity index (χ2v) is 5.81. The van der Waals surface area contributed by atoms with Crippen molar-refractivity contribution < 1.29 is 22.6 Å². The van der Waals surface area contributed by atoms with Gasteiger partial charge in [-0.1, -0.05) is 6.58 Å². The predicted octanol–water partition coefficient (Wildman–Crippen LogP) is 3.67. The molecular formula is C17H19F3N4O2. The van der Waals surface area contributed by atoms with E-state index in [0.29, 0.717) is 6.61 Å². The Labute approximate surface area is 149 Å². The second kappa shape index (κ2) is 8.67. The molecule has 1 saturated heterocycles. The molecule has 0 spiro atoms. The van der Waals surface area contributed by atoms with Crippen LogP contribution in [0, 0.1) is 11.3 Å². The van der Waals surface area contributed by atoms with Gasteiger partial charge in [0, 0.05) is 6.61 Å². The molecule has 0 saturated carbocycles. The Balaban J connectivity index is 2.13. The lowest BCUT2D eigenvalue weighted by atomic mass is 10.1. The van der Waals surface area contributed by atoms with E-state index < -0.39 is 11.7 Å². The maximum Gasteiger partial charge on any atom is 0.416 e. The average Bonchev–Trinajstić information content (AvgIpc) is 3.08. The van der Waals surface area contributed by atoms with Crippen molar-refractivity contribution in [1.82, 2.24) is 15.4 Å². The summed E-state index contributed by atoms with van der Waals surface area (Å²) in [4.78, 5) is 0. The number of H-pyrrole nitrogens is 1. The number of rotatable bonds is 6. The molecule has 1 aliphatic heterocycles. The zero-order valence-electron chi connectivity index (χ0n) is 14.3. The van der Waals surface area contributed by atoms with E-state index in [2.05, 4.69) is 22.0 Å². The average molecular weight is 368 g/mol. The number of nitriles is 1. The number of aromatic nitrogens is 3. The van der Waals surface area contributed by atoms with Crippen LogP contribution < -0.4 is 0 Å². The first-order valence-electron chi connectivity index (χ1n) is 8.03. The molecule has 1 unspecified atom stereocenters. The van der Waals surface area contributed by atoms with Crippen LogP contribution in [-0.4, -0.2) is 40.9 Å². The van der Waals surface area contributed by atoms with Gasteiger partial charge in [-0.2, -0.15) is 28.7 Å². The zero-order valence-corrected chi connectivity index (χ0v) is 14.3. The van der Waals surface area contributed by atoms with Crippen LogP contribution in [0.1, 0.15) is 37.6 Å². The van der Waals surface area contributed by atoms with E-state index in [1.54, 1.807) is 6.07 Å². The minimum atomic E-state index is -4.62. The van der Waals surface area contributed by atoms with Gasteiger partial charge in [0.25, 0.3) is 0 Å². The minimum absolute atomic E-state index is 0.0307. The van der Waals surface area contributed by atoms with Gasteiger partial charge in [0.2, 0.25) is 0 Å². The Morgan fingerprint density at radius 1 is 1.42 bits per heavy atom. The molecule has 1 N–H and O–H groups in total. The maximum absolute atomic E-state index is 13.3. The van der Waals surface area contributed by atoms with Gasteiger partial charge in [0.05, 0.1) is 17.4 Å². The van der Waals surface area contributed by atoms with Crippen molar-refractivity contribution in [3.05, 3.63) is 41.5 Å². The number of nitrogens with zero attached hydrogens (tertiary/aromatic N) is 3. The number of hydrogen-bond acceptors (Lipinski definition) is 5. The smallest absolute Gasteiger partial charge is 0.416 e. The number of hydrogen-bond donors (Lipinski definition) is 1. The molecule has 26 heavy (non-hydrogen) atoms. The van der Waals surface area contributed by atoms with E-state index in [9.17, 15) is 13.2 Å². The zero-order chi connectivity index (χ0) is 19.2. The Bertz CT molecular complexity index is 738. The van der Waals surface area contributed by atoms with Crippen LogP contribution in [0.3, 0.4) is 0 Å². The van der Waals surface area contributed by atoms with E-state index in [-0.39, 0.29) is 35.4 Å². The Hall–Kier alpha value is -2.60. The SMILES string of the molecule is C=C(/C=C(\C=C(/C)OCC1CCCCO1)C(F)(F)F)c1n[nH]nc1C#N. The number of ether oxygens (including phenoxy) is 2. The van der Waals surface area contributed by atoms with Crippen molar-refractivity contribution in [3.63, 3.8) is 0 Å². The first-order chi connectivity index (χ1) is 12.3. The summed E-state index contributed by atoms with van der Waals surface area (Å²) in [6.07, 6.45) is -0.193. The number of allylic oxidation sites excluding steroid dienone is 5. The van der Waals surface area contributed by atoms with Crippen molar-refractivity contribution in [2.45, 2.75) is 38.5 Å². The Kier molecular flexibility index (Phi) is 6.58. The monoisotopic (exact) mass is 368 g/mol. The van der Waals surface area contributed by atoms with Gasteiger partial charge in [-0.25, -0.2) is 0 Å². The lowest BCUT2D eigenvalue weighted by Crippen LogP contribution is -2.24. The molecule has 2 heterocycles. The van der Waals surface area contributed by atoms with Crippen molar-refractivity contribution in [3.8, 4) is 6.07 Å². The molecule has 6 nitrogen and oxygen atoms in total. The first kappa shape index (κ1) is 19.7. The normalized spacial score (nSPS) is 19.1. The highest BCUT2D eigenvalue weighted by Gasteiger charge is 2.33. The predicted molar refractivity (Wildman–Crippen MR) is 87.6 cm³/mol. The molecule has 0 radical (unpaired) electrons. The summed E-state index contributed by atoms with van der Waals surface area (Å²) in [7, 11) is 0. The molecule has 0 aliphatic carbocycles. The van der Waals surface area contributed by atoms with Gasteiger partial charge in [-0.3, -0.25) is 0 Å². The number of alkyl halides is 3. The van der Waals surface area contributed by atoms with Gasteiger partial charge in [-0.15, -0.1) is 5.10 Å². The fourth-order valence-corrected chi connectivity index (χ4v) is 2.42. The first-order valence-corrected chi connectivity index (χ1v) is 8.03. The molecule has 2 rings (SSSR count). The maximum atomic E-state index is 13.3. The molecule has 0 bridgehead atoms. The highest BCUT2D eigenvalue weighted by Crippen LogP contribution is 2.30. The standard InChI is InChI=1S/C17H19F3N4O2/c1-11(16-15(9-21)22-24-23-16)7-13(17(18,19)20)8-12(2)26-10-14-5-3-4-6-25-14/h7-8,14H,1,3-6,10H2,2H3,(H,22,23,24)/b12-8+,13-7+. The van der Waals surface area contributed by atoms with Crippen LogP contribution in [-0.2, 0) is 9.47 Å². The van der Waals surface area contributed by atoms with Crippen molar-refractivity contribution in [1.29, 1.82) is 5.26 Å². The fraction of sp³-hybridized carbons (Fsp3) is 0.471. The molecular weight excluding hydrogens is 349 g/mol. The van der Waals surface area contributed by atoms with Crippen molar-refractivity contribution in [2.24, 2.45) is 0 Å². The van der Waals surface area contributed by atoms with Gasteiger partial charge < -0.3 is 9.47 Å². The summed E-state index contributed by atoms with van der Waals surface area (Å²) in [5.74, 6) is 0.108. The van der Waals surface area contributed by atoms with Gasteiger partial charge in [0.15, 0.2) is 5.69 Å². The van der Waals surface area contributed by atoms with Gasteiger partial charge in [0.1, 0.15) is 18.4 Å². The van der Waals surface area contributed by atoms with Crippen LogP contribution in [0.25, 0.3) is 5.57 Å². The molecule has 1 aliphatic rings. The highest BCUT2D eigenvalue weighted by atomic mass is 19.4. The lowest BCUT2D eigenvalue weighted by molar-refractivity contribution is -0.0886. The second-order valence-electron chi connectivity index (χ2n) is 5.81. The van der Waals surface area contributed by atoms with Crippen molar-refractivity contribution in [2.75, 3.05) is 13.2 Å². The van der Waals surface area contributed by atoms with Crippen LogP contribution in [0.5, 0.6) is 0 Å². The molecule has 9 heteroatoms. The number of nitrogens with one attached hydrogen (secondary N) is 1. The third-order valence-corrected chi connectivity index (χ3v) is 3.74. The lowest BCUT2D eigenvalue weighted by Gasteiger charge is -2.22. The summed E-state index contributed by atoms with van der Waals surface area (Å²) in [5, 5.41) is 18.3. The van der Waals surface area contributed by atoms with Gasteiger partial charge in [-0.05, 0) is 43.9 Å². The number of aromatic amines is 1. The Morgan fingerprint density at radius 2 is 2.19 bits per heavy atom. The van der Waals surface area contributed by atoms with Crippen LogP contribution in [0.2, 0.25) is 0 Å². The quantitative estimate of drug-likeness (QED) is 0.612. The molecule has 0 amide bonds.